The summed E-state index contributed by atoms with van der Waals surface area (Å²) in [4.78, 5) is 34.2. The van der Waals surface area contributed by atoms with Crippen molar-refractivity contribution in [2.24, 2.45) is 11.3 Å². The summed E-state index contributed by atoms with van der Waals surface area (Å²) in [6.45, 7) is 8.06. The minimum absolute atomic E-state index is 0.00261. The Morgan fingerprint density at radius 2 is 1.93 bits per heavy atom. The molecule has 1 aromatic heterocycles. The predicted octanol–water partition coefficient (Wildman–Crippen LogP) is 2.64. The minimum Gasteiger partial charge on any atom is -0.481 e. The van der Waals surface area contributed by atoms with Crippen molar-refractivity contribution in [2.45, 2.75) is 27.2 Å². The van der Waals surface area contributed by atoms with Crippen LogP contribution in [-0.4, -0.2) is 65.0 Å². The van der Waals surface area contributed by atoms with Gasteiger partial charge in [0.05, 0.1) is 11.1 Å². The predicted molar refractivity (Wildman–Crippen MR) is 108 cm³/mol. The first-order valence-corrected chi connectivity index (χ1v) is 9.81. The normalized spacial score (nSPS) is 25.1. The molecule has 0 aliphatic carbocycles. The summed E-state index contributed by atoms with van der Waals surface area (Å²) in [7, 11) is 1.96. The maximum atomic E-state index is 13.5. The second-order valence-corrected chi connectivity index (χ2v) is 8.66. The zero-order chi connectivity index (χ0) is 20.2. The molecule has 6 heteroatoms. The molecule has 2 saturated heterocycles. The number of piperidine rings is 1. The topological polar surface area (TPSA) is 73.7 Å². The molecule has 6 nitrogen and oxygen atoms in total. The average molecular weight is 381 g/mol. The van der Waals surface area contributed by atoms with E-state index in [-0.39, 0.29) is 18.4 Å². The van der Waals surface area contributed by atoms with Gasteiger partial charge in [0.25, 0.3) is 5.91 Å². The number of pyridine rings is 1. The lowest BCUT2D eigenvalue weighted by Crippen LogP contribution is -2.52. The summed E-state index contributed by atoms with van der Waals surface area (Å²) in [5.41, 5.74) is 3.54. The fourth-order valence-electron chi connectivity index (χ4n) is 5.08. The Bertz CT molecular complexity index is 987. The second-order valence-electron chi connectivity index (χ2n) is 8.66. The highest BCUT2D eigenvalue weighted by Gasteiger charge is 2.55. The molecule has 1 aromatic carbocycles. The number of carboxylic acids is 1. The minimum atomic E-state index is -0.869. The second kappa shape index (κ2) is 6.55. The van der Waals surface area contributed by atoms with Crippen LogP contribution in [0, 0.1) is 32.1 Å². The van der Waals surface area contributed by atoms with Crippen LogP contribution in [0.2, 0.25) is 0 Å². The molecular weight excluding hydrogens is 354 g/mol. The number of rotatable bonds is 2. The standard InChI is InChI=1S/C22H27N3O3/c1-13-7-14(2)19-17(8-13)18(9-15(3)23-19)20(26)25-10-16-5-6-24(4)11-22(16,12-25)21(27)28/h7-9,16H,5-6,10-12H2,1-4H3,(H,27,28)/t16?,22-/m0/s1. The summed E-state index contributed by atoms with van der Waals surface area (Å²) >= 11 is 0. The van der Waals surface area contributed by atoms with Crippen LogP contribution >= 0.6 is 0 Å². The zero-order valence-corrected chi connectivity index (χ0v) is 17.0. The highest BCUT2D eigenvalue weighted by molar-refractivity contribution is 6.07. The van der Waals surface area contributed by atoms with Gasteiger partial charge in [-0.15, -0.1) is 0 Å². The van der Waals surface area contributed by atoms with Gasteiger partial charge in [-0.3, -0.25) is 14.6 Å². The summed E-state index contributed by atoms with van der Waals surface area (Å²) in [6, 6.07) is 5.92. The van der Waals surface area contributed by atoms with Crippen LogP contribution in [0.25, 0.3) is 10.9 Å². The lowest BCUT2D eigenvalue weighted by atomic mass is 9.73. The van der Waals surface area contributed by atoms with E-state index in [0.29, 0.717) is 18.7 Å². The Morgan fingerprint density at radius 3 is 2.64 bits per heavy atom. The van der Waals surface area contributed by atoms with Crippen molar-refractivity contribution in [3.8, 4) is 0 Å². The van der Waals surface area contributed by atoms with Crippen molar-refractivity contribution in [1.82, 2.24) is 14.8 Å². The van der Waals surface area contributed by atoms with Gasteiger partial charge in [0.2, 0.25) is 0 Å². The number of hydrogen-bond donors (Lipinski definition) is 1. The highest BCUT2D eigenvalue weighted by atomic mass is 16.4. The van der Waals surface area contributed by atoms with E-state index in [4.69, 9.17) is 0 Å². The van der Waals surface area contributed by atoms with Gasteiger partial charge in [0, 0.05) is 30.7 Å². The first kappa shape index (κ1) is 18.9. The number of hydrogen-bond acceptors (Lipinski definition) is 4. The third-order valence-electron chi connectivity index (χ3n) is 6.43. The van der Waals surface area contributed by atoms with Crippen molar-refractivity contribution in [3.63, 3.8) is 0 Å². The SMILES string of the molecule is Cc1cc(C)c2nc(C)cc(C(=O)N3CC4CCN(C)C[C@]4(C(=O)O)C3)c2c1. The van der Waals surface area contributed by atoms with Gasteiger partial charge in [-0.1, -0.05) is 11.6 Å². The summed E-state index contributed by atoms with van der Waals surface area (Å²) in [5, 5.41) is 10.9. The first-order chi connectivity index (χ1) is 13.2. The number of carbonyl (C=O) groups excluding carboxylic acids is 1. The largest absolute Gasteiger partial charge is 0.481 e. The van der Waals surface area contributed by atoms with Crippen molar-refractivity contribution in [2.75, 3.05) is 33.2 Å². The number of benzene rings is 1. The van der Waals surface area contributed by atoms with Gasteiger partial charge in [-0.25, -0.2) is 0 Å². The van der Waals surface area contributed by atoms with Gasteiger partial charge in [0.1, 0.15) is 5.41 Å². The number of fused-ring (bicyclic) bond motifs is 2. The smallest absolute Gasteiger partial charge is 0.313 e. The van der Waals surface area contributed by atoms with E-state index >= 15 is 0 Å². The number of aryl methyl sites for hydroxylation is 3. The average Bonchev–Trinajstić information content (AvgIpc) is 3.01. The third-order valence-corrected chi connectivity index (χ3v) is 6.43. The molecule has 0 saturated carbocycles. The molecule has 4 rings (SSSR count). The van der Waals surface area contributed by atoms with E-state index in [2.05, 4.69) is 16.0 Å². The molecular formula is C22H27N3O3. The Morgan fingerprint density at radius 1 is 1.18 bits per heavy atom. The lowest BCUT2D eigenvalue weighted by molar-refractivity contribution is -0.153. The number of carbonyl (C=O) groups is 2. The van der Waals surface area contributed by atoms with Crippen molar-refractivity contribution >= 4 is 22.8 Å². The molecule has 3 heterocycles. The Labute approximate surface area is 165 Å². The molecule has 0 radical (unpaired) electrons. The molecule has 2 fully saturated rings. The number of aromatic nitrogens is 1. The molecule has 2 aliphatic heterocycles. The molecule has 1 N–H and O–H groups in total. The number of likely N-dealkylation sites (tertiary alicyclic amines) is 2. The molecule has 1 amide bonds. The Balaban J connectivity index is 1.76. The highest BCUT2D eigenvalue weighted by Crippen LogP contribution is 2.43. The molecule has 2 atom stereocenters. The summed E-state index contributed by atoms with van der Waals surface area (Å²) < 4.78 is 0. The number of nitrogens with zero attached hydrogens (tertiary/aromatic N) is 3. The fourth-order valence-corrected chi connectivity index (χ4v) is 5.08. The van der Waals surface area contributed by atoms with Crippen LogP contribution in [-0.2, 0) is 4.79 Å². The van der Waals surface area contributed by atoms with E-state index < -0.39 is 11.4 Å². The third kappa shape index (κ3) is 2.87. The molecule has 0 bridgehead atoms. The van der Waals surface area contributed by atoms with E-state index in [1.54, 1.807) is 4.90 Å². The van der Waals surface area contributed by atoms with Crippen LogP contribution in [0.15, 0.2) is 18.2 Å². The molecule has 1 unspecified atom stereocenters. The van der Waals surface area contributed by atoms with Crippen LogP contribution < -0.4 is 0 Å². The number of carboxylic acid groups (broad SMARTS) is 1. The number of aliphatic carboxylic acids is 1. The summed E-state index contributed by atoms with van der Waals surface area (Å²) in [5.74, 6) is -0.872. The summed E-state index contributed by atoms with van der Waals surface area (Å²) in [6.07, 6.45) is 0.806. The van der Waals surface area contributed by atoms with E-state index in [1.807, 2.05) is 40.0 Å². The zero-order valence-electron chi connectivity index (χ0n) is 17.0. The fraction of sp³-hybridized carbons (Fsp3) is 0.500. The Hall–Kier alpha value is -2.47. The van der Waals surface area contributed by atoms with Crippen LogP contribution in [0.3, 0.4) is 0 Å². The monoisotopic (exact) mass is 381 g/mol. The maximum Gasteiger partial charge on any atom is 0.313 e. The van der Waals surface area contributed by atoms with Gasteiger partial charge < -0.3 is 14.9 Å². The van der Waals surface area contributed by atoms with Gasteiger partial charge in [-0.2, -0.15) is 0 Å². The molecule has 2 aliphatic rings. The van der Waals surface area contributed by atoms with Crippen LogP contribution in [0.1, 0.15) is 33.6 Å². The quantitative estimate of drug-likeness (QED) is 0.866. The van der Waals surface area contributed by atoms with Gasteiger partial charge in [-0.05, 0) is 64.4 Å². The maximum absolute atomic E-state index is 13.5. The van der Waals surface area contributed by atoms with E-state index in [9.17, 15) is 14.7 Å². The van der Waals surface area contributed by atoms with E-state index in [1.165, 1.54) is 0 Å². The van der Waals surface area contributed by atoms with Crippen molar-refractivity contribution in [1.29, 1.82) is 0 Å². The lowest BCUT2D eigenvalue weighted by Gasteiger charge is -2.39. The molecule has 28 heavy (non-hydrogen) atoms. The number of amides is 1. The molecule has 148 valence electrons. The van der Waals surface area contributed by atoms with Crippen molar-refractivity contribution < 1.29 is 14.7 Å². The molecule has 0 spiro atoms. The van der Waals surface area contributed by atoms with Crippen molar-refractivity contribution in [3.05, 3.63) is 40.6 Å². The van der Waals surface area contributed by atoms with Gasteiger partial charge in [0.15, 0.2) is 0 Å². The van der Waals surface area contributed by atoms with Crippen LogP contribution in [0.5, 0.6) is 0 Å². The molecule has 2 aromatic rings. The first-order valence-electron chi connectivity index (χ1n) is 9.81. The van der Waals surface area contributed by atoms with Crippen LogP contribution in [0.4, 0.5) is 0 Å². The van der Waals surface area contributed by atoms with Gasteiger partial charge >= 0.3 is 5.97 Å². The Kier molecular flexibility index (Phi) is 4.42. The van der Waals surface area contributed by atoms with E-state index in [0.717, 1.165) is 40.7 Å².